The van der Waals surface area contributed by atoms with E-state index in [0.29, 0.717) is 18.9 Å². The van der Waals surface area contributed by atoms with Gasteiger partial charge in [-0.05, 0) is 43.9 Å². The molecule has 0 saturated carbocycles. The van der Waals surface area contributed by atoms with E-state index in [2.05, 4.69) is 5.32 Å². The number of halogens is 2. The Morgan fingerprint density at radius 2 is 2.00 bits per heavy atom. The maximum absolute atomic E-state index is 13.6. The standard InChI is InChI=1S/C15H22F2N2O/c1-3-11(6-7-18)4-5-15(20)19-14-9-12(16)10(2)8-13(14)17/h8-9,11H,3-7,18H2,1-2H3,(H,19,20). The SMILES string of the molecule is CCC(CCN)CCC(=O)Nc1cc(F)c(C)cc1F. The number of anilines is 1. The van der Waals surface area contributed by atoms with Gasteiger partial charge in [0.05, 0.1) is 5.69 Å². The van der Waals surface area contributed by atoms with Crippen LogP contribution >= 0.6 is 0 Å². The number of aryl methyl sites for hydroxylation is 1. The first-order valence-electron chi connectivity index (χ1n) is 6.93. The second kappa shape index (κ2) is 7.94. The van der Waals surface area contributed by atoms with Crippen molar-refractivity contribution in [3.8, 4) is 0 Å². The molecule has 1 atom stereocenters. The minimum absolute atomic E-state index is 0.107. The molecule has 20 heavy (non-hydrogen) atoms. The molecule has 0 radical (unpaired) electrons. The van der Waals surface area contributed by atoms with Gasteiger partial charge in [-0.3, -0.25) is 4.79 Å². The number of carbonyl (C=O) groups excluding carboxylic acids is 1. The molecular formula is C15H22F2N2O. The van der Waals surface area contributed by atoms with Gasteiger partial charge in [-0.15, -0.1) is 0 Å². The fourth-order valence-corrected chi connectivity index (χ4v) is 2.08. The lowest BCUT2D eigenvalue weighted by molar-refractivity contribution is -0.116. The Morgan fingerprint density at radius 1 is 1.30 bits per heavy atom. The fraction of sp³-hybridized carbons (Fsp3) is 0.533. The summed E-state index contributed by atoms with van der Waals surface area (Å²) in [5.74, 6) is -1.06. The minimum Gasteiger partial charge on any atom is -0.330 e. The van der Waals surface area contributed by atoms with E-state index < -0.39 is 11.6 Å². The summed E-state index contributed by atoms with van der Waals surface area (Å²) in [5, 5.41) is 2.41. The molecule has 3 N–H and O–H groups in total. The number of nitrogens with two attached hydrogens (primary N) is 1. The lowest BCUT2D eigenvalue weighted by Gasteiger charge is -2.13. The molecule has 3 nitrogen and oxygen atoms in total. The zero-order valence-electron chi connectivity index (χ0n) is 12.0. The number of hydrogen-bond donors (Lipinski definition) is 2. The maximum atomic E-state index is 13.6. The zero-order chi connectivity index (χ0) is 15.1. The average molecular weight is 284 g/mol. The summed E-state index contributed by atoms with van der Waals surface area (Å²) in [6, 6.07) is 2.09. The largest absolute Gasteiger partial charge is 0.330 e. The summed E-state index contributed by atoms with van der Waals surface area (Å²) < 4.78 is 26.9. The molecule has 1 aromatic carbocycles. The third-order valence-electron chi connectivity index (χ3n) is 3.45. The van der Waals surface area contributed by atoms with Crippen molar-refractivity contribution >= 4 is 11.6 Å². The number of carbonyl (C=O) groups is 1. The molecule has 112 valence electrons. The molecule has 0 aliphatic rings. The van der Waals surface area contributed by atoms with Gasteiger partial charge in [0.25, 0.3) is 0 Å². The third-order valence-corrected chi connectivity index (χ3v) is 3.45. The maximum Gasteiger partial charge on any atom is 0.224 e. The van der Waals surface area contributed by atoms with Gasteiger partial charge in [0.15, 0.2) is 0 Å². The molecule has 0 heterocycles. The summed E-state index contributed by atoms with van der Waals surface area (Å²) in [6.45, 7) is 4.12. The smallest absolute Gasteiger partial charge is 0.224 e. The van der Waals surface area contributed by atoms with E-state index in [1.165, 1.54) is 6.92 Å². The fourth-order valence-electron chi connectivity index (χ4n) is 2.08. The van der Waals surface area contributed by atoms with E-state index >= 15 is 0 Å². The van der Waals surface area contributed by atoms with Crippen LogP contribution in [0.4, 0.5) is 14.5 Å². The van der Waals surface area contributed by atoms with Crippen molar-refractivity contribution in [1.29, 1.82) is 0 Å². The predicted molar refractivity (Wildman–Crippen MR) is 76.4 cm³/mol. The lowest BCUT2D eigenvalue weighted by Crippen LogP contribution is -2.16. The molecule has 1 unspecified atom stereocenters. The third kappa shape index (κ3) is 4.89. The Labute approximate surface area is 118 Å². The number of nitrogens with one attached hydrogen (secondary N) is 1. The Balaban J connectivity index is 2.56. The van der Waals surface area contributed by atoms with Crippen LogP contribution in [0.1, 0.15) is 38.2 Å². The molecule has 1 amide bonds. The van der Waals surface area contributed by atoms with Gasteiger partial charge in [-0.2, -0.15) is 0 Å². The van der Waals surface area contributed by atoms with Crippen LogP contribution in [0.15, 0.2) is 12.1 Å². The van der Waals surface area contributed by atoms with Crippen LogP contribution in [-0.2, 0) is 4.79 Å². The van der Waals surface area contributed by atoms with Gasteiger partial charge in [0.1, 0.15) is 11.6 Å². The van der Waals surface area contributed by atoms with Crippen molar-refractivity contribution in [3.63, 3.8) is 0 Å². The Hall–Kier alpha value is -1.49. The van der Waals surface area contributed by atoms with Crippen molar-refractivity contribution in [2.75, 3.05) is 11.9 Å². The molecule has 0 aliphatic carbocycles. The van der Waals surface area contributed by atoms with Crippen LogP contribution in [0.3, 0.4) is 0 Å². The number of rotatable bonds is 7. The van der Waals surface area contributed by atoms with Crippen LogP contribution in [0.25, 0.3) is 0 Å². The molecule has 0 fully saturated rings. The summed E-state index contributed by atoms with van der Waals surface area (Å²) in [5.41, 5.74) is 5.60. The monoisotopic (exact) mass is 284 g/mol. The summed E-state index contributed by atoms with van der Waals surface area (Å²) in [7, 11) is 0. The minimum atomic E-state index is -0.619. The van der Waals surface area contributed by atoms with Crippen LogP contribution in [0.5, 0.6) is 0 Å². The predicted octanol–water partition coefficient (Wildman–Crippen LogP) is 3.37. The Bertz CT molecular complexity index is 463. The Morgan fingerprint density at radius 3 is 2.60 bits per heavy atom. The molecule has 0 aromatic heterocycles. The van der Waals surface area contributed by atoms with Crippen LogP contribution in [-0.4, -0.2) is 12.5 Å². The number of hydrogen-bond acceptors (Lipinski definition) is 2. The van der Waals surface area contributed by atoms with Crippen molar-refractivity contribution < 1.29 is 13.6 Å². The van der Waals surface area contributed by atoms with Gasteiger partial charge in [0, 0.05) is 12.5 Å². The van der Waals surface area contributed by atoms with E-state index in [4.69, 9.17) is 5.73 Å². The highest BCUT2D eigenvalue weighted by atomic mass is 19.1. The van der Waals surface area contributed by atoms with Gasteiger partial charge >= 0.3 is 0 Å². The molecule has 5 heteroatoms. The van der Waals surface area contributed by atoms with Crippen molar-refractivity contribution in [3.05, 3.63) is 29.3 Å². The van der Waals surface area contributed by atoms with Crippen LogP contribution < -0.4 is 11.1 Å². The second-order valence-electron chi connectivity index (χ2n) is 5.02. The van der Waals surface area contributed by atoms with E-state index in [9.17, 15) is 13.6 Å². The highest BCUT2D eigenvalue weighted by molar-refractivity contribution is 5.90. The Kier molecular flexibility index (Phi) is 6.58. The molecule has 0 bridgehead atoms. The molecular weight excluding hydrogens is 262 g/mol. The van der Waals surface area contributed by atoms with Crippen molar-refractivity contribution in [1.82, 2.24) is 0 Å². The van der Waals surface area contributed by atoms with Crippen molar-refractivity contribution in [2.45, 2.75) is 39.5 Å². The van der Waals surface area contributed by atoms with E-state index in [-0.39, 0.29) is 23.6 Å². The van der Waals surface area contributed by atoms with Crippen LogP contribution in [0.2, 0.25) is 0 Å². The van der Waals surface area contributed by atoms with Gasteiger partial charge in [-0.1, -0.05) is 13.3 Å². The average Bonchev–Trinajstić information content (AvgIpc) is 2.40. The first-order chi connectivity index (χ1) is 9.47. The van der Waals surface area contributed by atoms with E-state index in [1.807, 2.05) is 6.92 Å². The summed E-state index contributed by atoms with van der Waals surface area (Å²) in [6.07, 6.45) is 2.82. The lowest BCUT2D eigenvalue weighted by atomic mass is 9.96. The van der Waals surface area contributed by atoms with Gasteiger partial charge in [-0.25, -0.2) is 8.78 Å². The highest BCUT2D eigenvalue weighted by Crippen LogP contribution is 2.20. The normalized spacial score (nSPS) is 12.2. The first-order valence-corrected chi connectivity index (χ1v) is 6.93. The second-order valence-corrected chi connectivity index (χ2v) is 5.02. The first kappa shape index (κ1) is 16.6. The molecule has 0 aliphatic heterocycles. The van der Waals surface area contributed by atoms with Gasteiger partial charge in [0.2, 0.25) is 5.91 Å². The van der Waals surface area contributed by atoms with E-state index in [0.717, 1.165) is 25.0 Å². The zero-order valence-corrected chi connectivity index (χ0v) is 12.0. The number of amides is 1. The van der Waals surface area contributed by atoms with Crippen LogP contribution in [0, 0.1) is 24.5 Å². The van der Waals surface area contributed by atoms with Gasteiger partial charge < -0.3 is 11.1 Å². The molecule has 1 aromatic rings. The van der Waals surface area contributed by atoms with Crippen molar-refractivity contribution in [2.24, 2.45) is 11.7 Å². The van der Waals surface area contributed by atoms with E-state index in [1.54, 1.807) is 0 Å². The number of benzene rings is 1. The topological polar surface area (TPSA) is 55.1 Å². The molecule has 0 saturated heterocycles. The molecule has 0 spiro atoms. The highest BCUT2D eigenvalue weighted by Gasteiger charge is 2.12. The summed E-state index contributed by atoms with van der Waals surface area (Å²) >= 11 is 0. The summed E-state index contributed by atoms with van der Waals surface area (Å²) in [4.78, 5) is 11.8. The molecule has 1 rings (SSSR count). The quantitative estimate of drug-likeness (QED) is 0.806.